The van der Waals surface area contributed by atoms with Crippen LogP contribution in [0.1, 0.15) is 21.9 Å². The number of amides is 1. The Morgan fingerprint density at radius 1 is 1.62 bits per heavy atom. The number of aromatic nitrogens is 2. The first-order valence-electron chi connectivity index (χ1n) is 4.69. The van der Waals surface area contributed by atoms with Crippen LogP contribution in [-0.2, 0) is 6.54 Å². The van der Waals surface area contributed by atoms with Crippen LogP contribution in [-0.4, -0.2) is 16.0 Å². The molecule has 2 heterocycles. The van der Waals surface area contributed by atoms with Crippen molar-refractivity contribution in [3.63, 3.8) is 0 Å². The summed E-state index contributed by atoms with van der Waals surface area (Å²) in [5.74, 6) is -0.309. The number of nitrogens with one attached hydrogen (secondary N) is 2. The van der Waals surface area contributed by atoms with Crippen molar-refractivity contribution in [2.45, 2.75) is 13.5 Å². The summed E-state index contributed by atoms with van der Waals surface area (Å²) in [6, 6.07) is 2.84. The van der Waals surface area contributed by atoms with Crippen LogP contribution in [0.2, 0.25) is 0 Å². The van der Waals surface area contributed by atoms with Crippen molar-refractivity contribution >= 4 is 5.91 Å². The van der Waals surface area contributed by atoms with Crippen LogP contribution in [0.5, 0.6) is 0 Å². The fraction of sp³-hybridized carbons (Fsp3) is 0.200. The van der Waals surface area contributed by atoms with Gasteiger partial charge in [-0.2, -0.15) is 0 Å². The monoisotopic (exact) mass is 223 g/mol. The molecule has 0 radical (unpaired) electrons. The summed E-state index contributed by atoms with van der Waals surface area (Å²) in [6.45, 7) is 2.01. The Balaban J connectivity index is 1.93. The molecule has 2 aromatic rings. The number of nitrogens with zero attached hydrogens (tertiary/aromatic N) is 1. The molecule has 0 fully saturated rings. The van der Waals surface area contributed by atoms with Crippen LogP contribution in [0.3, 0.4) is 0 Å². The minimum Gasteiger partial charge on any atom is -0.359 e. The molecule has 84 valence electrons. The third-order valence-corrected chi connectivity index (χ3v) is 1.99. The summed E-state index contributed by atoms with van der Waals surface area (Å²) in [4.78, 5) is 14.0. The first-order chi connectivity index (χ1) is 7.65. The van der Waals surface area contributed by atoms with Crippen molar-refractivity contribution in [3.8, 4) is 0 Å². The molecular weight excluding hydrogens is 213 g/mol. The molecule has 2 N–H and O–H groups in total. The molecule has 0 aliphatic rings. The van der Waals surface area contributed by atoms with Gasteiger partial charge >= 0.3 is 0 Å². The molecule has 0 saturated carbocycles. The first-order valence-corrected chi connectivity index (χ1v) is 4.69. The maximum atomic E-state index is 12.6. The van der Waals surface area contributed by atoms with E-state index in [9.17, 15) is 9.18 Å². The van der Waals surface area contributed by atoms with Crippen molar-refractivity contribution in [2.75, 3.05) is 0 Å². The van der Waals surface area contributed by atoms with Gasteiger partial charge in [-0.05, 0) is 6.92 Å². The Morgan fingerprint density at radius 3 is 3.00 bits per heavy atom. The van der Waals surface area contributed by atoms with Gasteiger partial charge in [-0.15, -0.1) is 0 Å². The molecule has 0 aliphatic carbocycles. The Kier molecular flexibility index (Phi) is 2.72. The summed E-state index contributed by atoms with van der Waals surface area (Å²) in [5.41, 5.74) is 0.920. The largest absolute Gasteiger partial charge is 0.359 e. The van der Waals surface area contributed by atoms with Gasteiger partial charge in [0, 0.05) is 18.3 Å². The fourth-order valence-electron chi connectivity index (χ4n) is 1.26. The van der Waals surface area contributed by atoms with Gasteiger partial charge in [0.25, 0.3) is 5.91 Å². The highest BCUT2D eigenvalue weighted by molar-refractivity contribution is 5.92. The lowest BCUT2D eigenvalue weighted by Crippen LogP contribution is -2.22. The quantitative estimate of drug-likeness (QED) is 0.825. The lowest BCUT2D eigenvalue weighted by atomic mass is 10.3. The number of hydrogen-bond donors (Lipinski definition) is 2. The van der Waals surface area contributed by atoms with Crippen molar-refractivity contribution in [1.29, 1.82) is 0 Å². The van der Waals surface area contributed by atoms with E-state index in [1.165, 1.54) is 0 Å². The van der Waals surface area contributed by atoms with Gasteiger partial charge < -0.3 is 14.8 Å². The standard InChI is InChI=1S/C10H10FN3O2/c1-6-2-8(16-14-6)5-13-10(15)9-3-7(11)4-12-9/h2-4,12H,5H2,1H3,(H,13,15). The Labute approximate surface area is 90.6 Å². The third-order valence-electron chi connectivity index (χ3n) is 1.99. The van der Waals surface area contributed by atoms with E-state index in [4.69, 9.17) is 4.52 Å². The van der Waals surface area contributed by atoms with Crippen molar-refractivity contribution in [2.24, 2.45) is 0 Å². The molecule has 0 bridgehead atoms. The van der Waals surface area contributed by atoms with Gasteiger partial charge in [-0.25, -0.2) is 4.39 Å². The van der Waals surface area contributed by atoms with Crippen molar-refractivity contribution < 1.29 is 13.7 Å². The number of carbonyl (C=O) groups excluding carboxylic acids is 1. The van der Waals surface area contributed by atoms with Crippen LogP contribution >= 0.6 is 0 Å². The molecule has 0 unspecified atom stereocenters. The SMILES string of the molecule is Cc1cc(CNC(=O)c2cc(F)c[nH]2)on1. The third kappa shape index (κ3) is 2.28. The zero-order valence-corrected chi connectivity index (χ0v) is 8.58. The molecule has 2 rings (SSSR count). The van der Waals surface area contributed by atoms with Gasteiger partial charge in [-0.1, -0.05) is 5.16 Å². The predicted octanol–water partition coefficient (Wildman–Crippen LogP) is 1.38. The average molecular weight is 223 g/mol. The molecule has 0 atom stereocenters. The zero-order chi connectivity index (χ0) is 11.5. The second-order valence-electron chi connectivity index (χ2n) is 3.35. The summed E-state index contributed by atoms with van der Waals surface area (Å²) >= 11 is 0. The molecule has 2 aromatic heterocycles. The Morgan fingerprint density at radius 2 is 2.44 bits per heavy atom. The lowest BCUT2D eigenvalue weighted by Gasteiger charge is -1.99. The van der Waals surface area contributed by atoms with E-state index in [0.29, 0.717) is 5.76 Å². The van der Waals surface area contributed by atoms with Gasteiger partial charge in [0.1, 0.15) is 11.5 Å². The molecule has 0 spiro atoms. The number of rotatable bonds is 3. The van der Waals surface area contributed by atoms with Crippen LogP contribution in [0, 0.1) is 12.7 Å². The lowest BCUT2D eigenvalue weighted by molar-refractivity contribution is 0.0942. The van der Waals surface area contributed by atoms with Crippen molar-refractivity contribution in [3.05, 3.63) is 41.3 Å². The van der Waals surface area contributed by atoms with E-state index >= 15 is 0 Å². The van der Waals surface area contributed by atoms with E-state index < -0.39 is 11.7 Å². The Bertz CT molecular complexity index is 504. The summed E-state index contributed by atoms with van der Waals surface area (Å²) in [5, 5.41) is 6.25. The number of hydrogen-bond acceptors (Lipinski definition) is 3. The highest BCUT2D eigenvalue weighted by Gasteiger charge is 2.09. The maximum Gasteiger partial charge on any atom is 0.268 e. The number of H-pyrrole nitrogens is 1. The predicted molar refractivity (Wildman–Crippen MR) is 53.2 cm³/mol. The summed E-state index contributed by atoms with van der Waals surface area (Å²) in [6.07, 6.45) is 1.12. The minimum atomic E-state index is -0.472. The molecule has 1 amide bonds. The second-order valence-corrected chi connectivity index (χ2v) is 3.35. The topological polar surface area (TPSA) is 70.9 Å². The molecule has 0 aromatic carbocycles. The summed E-state index contributed by atoms with van der Waals surface area (Å²) in [7, 11) is 0. The molecule has 0 saturated heterocycles. The van der Waals surface area contributed by atoms with Gasteiger partial charge in [0.2, 0.25) is 0 Å². The average Bonchev–Trinajstić information content (AvgIpc) is 2.84. The van der Waals surface area contributed by atoms with Gasteiger partial charge in [0.15, 0.2) is 5.76 Å². The number of carbonyl (C=O) groups is 1. The van der Waals surface area contributed by atoms with Crippen LogP contribution in [0.4, 0.5) is 4.39 Å². The van der Waals surface area contributed by atoms with Gasteiger partial charge in [-0.3, -0.25) is 4.79 Å². The fourth-order valence-corrected chi connectivity index (χ4v) is 1.26. The smallest absolute Gasteiger partial charge is 0.268 e. The van der Waals surface area contributed by atoms with E-state index in [-0.39, 0.29) is 12.2 Å². The number of aryl methyl sites for hydroxylation is 1. The van der Waals surface area contributed by atoms with E-state index in [1.807, 2.05) is 0 Å². The van der Waals surface area contributed by atoms with Crippen molar-refractivity contribution in [1.82, 2.24) is 15.5 Å². The van der Waals surface area contributed by atoms with Crippen LogP contribution in [0.25, 0.3) is 0 Å². The first kappa shape index (κ1) is 10.4. The highest BCUT2D eigenvalue weighted by atomic mass is 19.1. The minimum absolute atomic E-state index is 0.175. The molecule has 0 aliphatic heterocycles. The molecular formula is C10H10FN3O2. The number of halogens is 1. The highest BCUT2D eigenvalue weighted by Crippen LogP contribution is 2.03. The molecule has 6 heteroatoms. The van der Waals surface area contributed by atoms with E-state index in [0.717, 1.165) is 18.0 Å². The maximum absolute atomic E-state index is 12.6. The van der Waals surface area contributed by atoms with Gasteiger partial charge in [0.05, 0.1) is 12.2 Å². The zero-order valence-electron chi connectivity index (χ0n) is 8.58. The van der Waals surface area contributed by atoms with E-state index in [1.54, 1.807) is 13.0 Å². The Hall–Kier alpha value is -2.11. The normalized spacial score (nSPS) is 10.4. The van der Waals surface area contributed by atoms with Crippen LogP contribution < -0.4 is 5.32 Å². The second kappa shape index (κ2) is 4.18. The molecule has 5 nitrogen and oxygen atoms in total. The summed E-state index contributed by atoms with van der Waals surface area (Å²) < 4.78 is 17.5. The van der Waals surface area contributed by atoms with E-state index in [2.05, 4.69) is 15.5 Å². The molecule has 16 heavy (non-hydrogen) atoms. The number of aromatic amines is 1. The van der Waals surface area contributed by atoms with Crippen LogP contribution in [0.15, 0.2) is 22.9 Å².